The average molecular weight is 758 g/mol. The molecule has 0 radical (unpaired) electrons. The van der Waals surface area contributed by atoms with Gasteiger partial charge in [-0.1, -0.05) is 123 Å². The minimum absolute atomic E-state index is 0.00998. The molecule has 3 aromatic carbocycles. The number of phenols is 2. The molecule has 0 aliphatic carbocycles. The van der Waals surface area contributed by atoms with E-state index in [9.17, 15) is 15.0 Å². The zero-order valence-electron chi connectivity index (χ0n) is 27.3. The quantitative estimate of drug-likeness (QED) is 0.158. The molecule has 3 aromatic rings. The van der Waals surface area contributed by atoms with Crippen LogP contribution in [-0.2, 0) is 36.7 Å². The Morgan fingerprint density at radius 1 is 0.814 bits per heavy atom. The second-order valence-corrected chi connectivity index (χ2v) is 14.9. The van der Waals surface area contributed by atoms with Crippen molar-refractivity contribution in [3.05, 3.63) is 77.9 Å². The Labute approximate surface area is 266 Å². The van der Waals surface area contributed by atoms with E-state index in [0.29, 0.717) is 34.2 Å². The van der Waals surface area contributed by atoms with Crippen LogP contribution in [0.2, 0.25) is 0 Å². The van der Waals surface area contributed by atoms with E-state index in [1.165, 1.54) is 6.42 Å². The van der Waals surface area contributed by atoms with Gasteiger partial charge in [-0.05, 0) is 38.5 Å². The number of hydrogen-bond donors (Lipinski definition) is 2. The molecule has 5 nitrogen and oxygen atoms in total. The molecule has 1 aliphatic heterocycles. The van der Waals surface area contributed by atoms with Crippen LogP contribution in [0.15, 0.2) is 54.6 Å². The summed E-state index contributed by atoms with van der Waals surface area (Å²) in [4.78, 5) is 17.0. The molecule has 0 amide bonds. The summed E-state index contributed by atoms with van der Waals surface area (Å²) in [7, 11) is 0. The predicted molar refractivity (Wildman–Crippen MR) is 174 cm³/mol. The number of aromatic hydroxyl groups is 2. The average Bonchev–Trinajstić information content (AvgIpc) is 3.47. The molecule has 6 heteroatoms. The van der Waals surface area contributed by atoms with E-state index in [0.717, 1.165) is 24.2 Å². The Morgan fingerprint density at radius 2 is 1.21 bits per heavy atom. The van der Waals surface area contributed by atoms with Gasteiger partial charge in [0.2, 0.25) is 0 Å². The van der Waals surface area contributed by atoms with Gasteiger partial charge in [-0.3, -0.25) is 4.79 Å². The third-order valence-electron chi connectivity index (χ3n) is 7.00. The molecule has 1 fully saturated rings. The van der Waals surface area contributed by atoms with E-state index in [1.807, 2.05) is 82.0 Å². The molecule has 2 N–H and O–H groups in total. The number of rotatable bonds is 4. The van der Waals surface area contributed by atoms with Crippen molar-refractivity contribution >= 4 is 10.7 Å². The van der Waals surface area contributed by atoms with Crippen LogP contribution in [0.5, 0.6) is 11.5 Å². The van der Waals surface area contributed by atoms with Crippen molar-refractivity contribution in [3.63, 3.8) is 0 Å². The third kappa shape index (κ3) is 10.2. The maximum atomic E-state index is 13.9. The summed E-state index contributed by atoms with van der Waals surface area (Å²) >= 11 is -1.25. The first-order valence-electron chi connectivity index (χ1n) is 14.7. The first kappa shape index (κ1) is 36.6. The summed E-state index contributed by atoms with van der Waals surface area (Å²) in [5.74, 6) is 0.369. The second-order valence-electron chi connectivity index (χ2n) is 14.1. The van der Waals surface area contributed by atoms with Crippen molar-refractivity contribution in [3.8, 4) is 33.8 Å². The molecular weight excluding hydrogens is 708 g/mol. The van der Waals surface area contributed by atoms with Crippen molar-refractivity contribution in [2.24, 2.45) is 5.41 Å². The van der Waals surface area contributed by atoms with Gasteiger partial charge in [-0.25, -0.2) is 6.61 Å². The van der Waals surface area contributed by atoms with Gasteiger partial charge in [0.1, 0.15) is 11.5 Å². The summed E-state index contributed by atoms with van der Waals surface area (Å²) in [5, 5.41) is 22.6. The number of ether oxygens (including phenoxy) is 1. The van der Waals surface area contributed by atoms with E-state index >= 15 is 0 Å². The number of Topliss-reactive ketones (excluding diaryl/α,β-unsaturated/α-hetero) is 1. The molecule has 0 spiro atoms. The van der Waals surface area contributed by atoms with Crippen LogP contribution in [0.25, 0.3) is 22.3 Å². The van der Waals surface area contributed by atoms with Crippen molar-refractivity contribution < 1.29 is 40.9 Å². The van der Waals surface area contributed by atoms with Crippen LogP contribution in [-0.4, -0.2) is 27.5 Å². The Bertz CT molecular complexity index is 1390. The van der Waals surface area contributed by atoms with Gasteiger partial charge in [0.25, 0.3) is 0 Å². The van der Waals surface area contributed by atoms with Crippen molar-refractivity contribution in [2.75, 3.05) is 6.61 Å². The number of carbonyl (C=O) groups is 1. The second kappa shape index (κ2) is 15.4. The van der Waals surface area contributed by atoms with Crippen molar-refractivity contribution in [1.82, 2.24) is 0 Å². The predicted octanol–water partition coefficient (Wildman–Crippen LogP) is 9.45. The Balaban J connectivity index is 0.000000705. The van der Waals surface area contributed by atoms with Gasteiger partial charge in [0.15, 0.2) is 5.78 Å². The summed E-state index contributed by atoms with van der Waals surface area (Å²) in [5.41, 5.74) is 4.07. The molecule has 0 saturated carbocycles. The van der Waals surface area contributed by atoms with Crippen LogP contribution in [0.4, 0.5) is 0 Å². The first-order chi connectivity index (χ1) is 19.9. The summed E-state index contributed by atoms with van der Waals surface area (Å²) in [6.07, 6.45) is 2.72. The van der Waals surface area contributed by atoms with Crippen LogP contribution >= 0.6 is 0 Å². The van der Waals surface area contributed by atoms with Crippen LogP contribution in [0, 0.1) is 12.0 Å². The summed E-state index contributed by atoms with van der Waals surface area (Å²) in [6, 6.07) is 17.1. The molecule has 0 bridgehead atoms. The maximum absolute atomic E-state index is 13.9. The fourth-order valence-electron chi connectivity index (χ4n) is 5.02. The van der Waals surface area contributed by atoms with E-state index < -0.39 is 17.9 Å². The van der Waals surface area contributed by atoms with Gasteiger partial charge in [-0.15, -0.1) is 0 Å². The van der Waals surface area contributed by atoms with E-state index in [2.05, 4.69) is 46.4 Å². The van der Waals surface area contributed by atoms with E-state index in [-0.39, 0.29) is 33.5 Å². The van der Waals surface area contributed by atoms with Crippen LogP contribution in [0.1, 0.15) is 103 Å². The Kier molecular flexibility index (Phi) is 13.1. The fraction of sp³-hybridized carbons (Fsp3) is 0.432. The van der Waals surface area contributed by atoms with Crippen molar-refractivity contribution in [1.29, 1.82) is 0 Å². The van der Waals surface area contributed by atoms with E-state index in [4.69, 9.17) is 7.96 Å². The van der Waals surface area contributed by atoms with Gasteiger partial charge in [0, 0.05) is 29.7 Å². The molecule has 1 heterocycles. The van der Waals surface area contributed by atoms with Crippen LogP contribution < -0.4 is 0 Å². The number of ketones is 1. The minimum atomic E-state index is -1.25. The van der Waals surface area contributed by atoms with Crippen molar-refractivity contribution in [2.45, 2.75) is 92.4 Å². The third-order valence-corrected chi connectivity index (χ3v) is 7.00. The zero-order valence-corrected chi connectivity index (χ0v) is 30.3. The summed E-state index contributed by atoms with van der Waals surface area (Å²) in [6.45, 7) is 21.3. The molecule has 0 atom stereocenters. The number of para-hydroxylation sites is 2. The molecule has 43 heavy (non-hydrogen) atoms. The van der Waals surface area contributed by atoms with E-state index in [1.54, 1.807) is 0 Å². The first-order valence-corrected chi connectivity index (χ1v) is 18.0. The fourth-order valence-corrected chi connectivity index (χ4v) is 5.02. The zero-order chi connectivity index (χ0) is 32.6. The SMILES string of the molecule is CC(C)(C)CC(=O)c1c(-c2cccc(C(C)(C)C)c2O)cccc1-c1cccc(C(C)(C)C)c1O.[CH-]1CCCO1.[CH2]=[W]#[O+]. The van der Waals surface area contributed by atoms with Gasteiger partial charge < -0.3 is 14.9 Å². The number of hydrogen-bond acceptors (Lipinski definition) is 4. The van der Waals surface area contributed by atoms with Crippen LogP contribution in [0.3, 0.4) is 0 Å². The Morgan fingerprint density at radius 3 is 1.51 bits per heavy atom. The molecule has 0 aromatic heterocycles. The normalized spacial score (nSPS) is 13.2. The molecular formula is C37H49O5W. The summed E-state index contributed by atoms with van der Waals surface area (Å²) < 4.78 is 13.8. The monoisotopic (exact) mass is 757 g/mol. The van der Waals surface area contributed by atoms with Gasteiger partial charge in [0.05, 0.1) is 0 Å². The molecule has 233 valence electrons. The number of phenolic OH excluding ortho intramolecular Hbond substituents is 2. The topological polar surface area (TPSA) is 86.7 Å². The molecule has 1 saturated heterocycles. The number of benzene rings is 3. The standard InChI is InChI=1S/C32H40O3.C4H7O.CH2.O.W/c1-30(2,3)19-26(33)27-20(22-15-11-17-24(28(22)34)31(4,5)6)13-10-14-21(27)23-16-12-18-25(29(23)35)32(7,8)9;1-2-4-5-3-1;;;/h10-18,34-35H,19H2,1-9H3;3H,1-2,4H2;1H2;;/q;-1;;+1;. The number of carbonyl (C=O) groups excluding carboxylic acids is 1. The Hall–Kier alpha value is -2.59. The van der Waals surface area contributed by atoms with Gasteiger partial charge in [-0.2, -0.15) is 6.42 Å². The molecule has 0 unspecified atom stereocenters. The molecule has 1 aliphatic rings. The van der Waals surface area contributed by atoms with Gasteiger partial charge >= 0.3 is 26.0 Å². The molecule has 4 rings (SSSR count).